The summed E-state index contributed by atoms with van der Waals surface area (Å²) < 4.78 is 16.8. The number of ether oxygens (including phenoxy) is 3. The Balaban J connectivity index is 0.00000320. The maximum Gasteiger partial charge on any atom is 0.191 e. The number of benzene rings is 2. The van der Waals surface area contributed by atoms with Crippen molar-refractivity contribution in [2.24, 2.45) is 4.99 Å². The molecule has 7 heteroatoms. The largest absolute Gasteiger partial charge is 0.497 e. The van der Waals surface area contributed by atoms with Crippen LogP contribution in [0.1, 0.15) is 36.8 Å². The number of nitrogens with zero attached hydrogens (tertiary/aromatic N) is 1. The Labute approximate surface area is 196 Å². The van der Waals surface area contributed by atoms with Gasteiger partial charge in [-0.05, 0) is 61.1 Å². The van der Waals surface area contributed by atoms with E-state index in [0.29, 0.717) is 19.2 Å². The first-order chi connectivity index (χ1) is 14.2. The molecule has 0 atom stereocenters. The quantitative estimate of drug-likeness (QED) is 0.302. The minimum absolute atomic E-state index is 0. The predicted molar refractivity (Wildman–Crippen MR) is 131 cm³/mol. The zero-order valence-corrected chi connectivity index (χ0v) is 20.3. The van der Waals surface area contributed by atoms with Gasteiger partial charge in [-0.2, -0.15) is 0 Å². The molecule has 0 aliphatic heterocycles. The molecule has 0 radical (unpaired) electrons. The van der Waals surface area contributed by atoms with Gasteiger partial charge in [0.2, 0.25) is 0 Å². The molecule has 1 aliphatic carbocycles. The van der Waals surface area contributed by atoms with Crippen LogP contribution in [0.25, 0.3) is 0 Å². The third-order valence-electron chi connectivity index (χ3n) is 5.13. The van der Waals surface area contributed by atoms with Crippen LogP contribution in [-0.2, 0) is 13.1 Å². The Hall–Kier alpha value is -2.16. The topological polar surface area (TPSA) is 64.1 Å². The maximum absolute atomic E-state index is 6.11. The van der Waals surface area contributed by atoms with Gasteiger partial charge in [0.25, 0.3) is 0 Å². The van der Waals surface area contributed by atoms with E-state index in [1.165, 1.54) is 12.8 Å². The van der Waals surface area contributed by atoms with E-state index in [-0.39, 0.29) is 24.0 Å². The van der Waals surface area contributed by atoms with E-state index in [4.69, 9.17) is 14.2 Å². The van der Waals surface area contributed by atoms with E-state index in [1.807, 2.05) is 36.4 Å². The lowest BCUT2D eigenvalue weighted by Crippen LogP contribution is -2.36. The van der Waals surface area contributed by atoms with E-state index < -0.39 is 0 Å². The molecule has 0 unspecified atom stereocenters. The molecule has 0 amide bonds. The molecule has 0 heterocycles. The molecule has 0 aromatic heterocycles. The Morgan fingerprint density at radius 2 is 1.53 bits per heavy atom. The summed E-state index contributed by atoms with van der Waals surface area (Å²) >= 11 is 0. The fourth-order valence-corrected chi connectivity index (χ4v) is 3.44. The van der Waals surface area contributed by atoms with Crippen LogP contribution in [0.4, 0.5) is 0 Å². The maximum atomic E-state index is 6.11. The highest BCUT2D eigenvalue weighted by Crippen LogP contribution is 2.32. The highest BCUT2D eigenvalue weighted by atomic mass is 127. The van der Waals surface area contributed by atoms with E-state index in [1.54, 1.807) is 21.3 Å². The van der Waals surface area contributed by atoms with Crippen molar-refractivity contribution in [3.05, 3.63) is 53.6 Å². The van der Waals surface area contributed by atoms with Crippen LogP contribution in [0.5, 0.6) is 17.2 Å². The van der Waals surface area contributed by atoms with Gasteiger partial charge in [0.1, 0.15) is 5.75 Å². The van der Waals surface area contributed by atoms with E-state index in [0.717, 1.165) is 47.2 Å². The zero-order valence-electron chi connectivity index (χ0n) is 17.9. The number of guanidine groups is 1. The summed E-state index contributed by atoms with van der Waals surface area (Å²) in [4.78, 5) is 4.29. The Morgan fingerprint density at radius 3 is 2.13 bits per heavy atom. The average molecular weight is 525 g/mol. The van der Waals surface area contributed by atoms with Crippen molar-refractivity contribution in [2.45, 2.75) is 44.9 Å². The lowest BCUT2D eigenvalue weighted by atomic mass is 10.2. The molecule has 30 heavy (non-hydrogen) atoms. The molecule has 164 valence electrons. The molecule has 2 aromatic carbocycles. The van der Waals surface area contributed by atoms with Crippen LogP contribution in [-0.4, -0.2) is 33.3 Å². The Morgan fingerprint density at radius 1 is 0.900 bits per heavy atom. The third-order valence-corrected chi connectivity index (χ3v) is 5.13. The fraction of sp³-hybridized carbons (Fsp3) is 0.435. The molecule has 1 saturated carbocycles. The summed E-state index contributed by atoms with van der Waals surface area (Å²) in [7, 11) is 5.12. The van der Waals surface area contributed by atoms with Gasteiger partial charge >= 0.3 is 0 Å². The summed E-state index contributed by atoms with van der Waals surface area (Å²) in [5, 5.41) is 6.66. The molecular weight excluding hydrogens is 493 g/mol. The number of rotatable bonds is 8. The van der Waals surface area contributed by atoms with Crippen molar-refractivity contribution < 1.29 is 14.2 Å². The second-order valence-electron chi connectivity index (χ2n) is 7.14. The van der Waals surface area contributed by atoms with Gasteiger partial charge in [0, 0.05) is 20.1 Å². The third kappa shape index (κ3) is 6.97. The molecular formula is C23H32IN3O3. The number of halogens is 1. The predicted octanol–water partition coefficient (Wildman–Crippen LogP) is 4.51. The van der Waals surface area contributed by atoms with Gasteiger partial charge in [-0.3, -0.25) is 4.99 Å². The average Bonchev–Trinajstić information content (AvgIpc) is 3.28. The van der Waals surface area contributed by atoms with Gasteiger partial charge in [0.05, 0.1) is 20.3 Å². The molecule has 2 N–H and O–H groups in total. The molecule has 0 bridgehead atoms. The SMILES string of the molecule is CN=C(NCc1ccc(OC)cc1)NCc1ccc(OC2CCCC2)c(OC)c1.I. The minimum Gasteiger partial charge on any atom is -0.497 e. The van der Waals surface area contributed by atoms with Crippen LogP contribution in [0.2, 0.25) is 0 Å². The van der Waals surface area contributed by atoms with Crippen molar-refractivity contribution in [1.82, 2.24) is 10.6 Å². The smallest absolute Gasteiger partial charge is 0.191 e. The summed E-state index contributed by atoms with van der Waals surface area (Å²) in [6.07, 6.45) is 5.06. The highest BCUT2D eigenvalue weighted by molar-refractivity contribution is 14.0. The summed E-state index contributed by atoms with van der Waals surface area (Å²) in [5.74, 6) is 3.19. The van der Waals surface area contributed by atoms with E-state index in [9.17, 15) is 0 Å². The molecule has 6 nitrogen and oxygen atoms in total. The zero-order chi connectivity index (χ0) is 20.5. The van der Waals surface area contributed by atoms with Crippen LogP contribution in [0, 0.1) is 0 Å². The summed E-state index contributed by atoms with van der Waals surface area (Å²) in [5.41, 5.74) is 2.26. The van der Waals surface area contributed by atoms with Gasteiger partial charge in [-0.15, -0.1) is 24.0 Å². The first kappa shape index (κ1) is 24.1. The van der Waals surface area contributed by atoms with Crippen molar-refractivity contribution >= 4 is 29.9 Å². The Bertz CT molecular complexity index is 806. The minimum atomic E-state index is 0. The molecule has 1 fully saturated rings. The lowest BCUT2D eigenvalue weighted by molar-refractivity contribution is 0.200. The number of hydrogen-bond donors (Lipinski definition) is 2. The molecule has 2 aromatic rings. The number of aliphatic imine (C=N–C) groups is 1. The van der Waals surface area contributed by atoms with Crippen LogP contribution in [0.3, 0.4) is 0 Å². The summed E-state index contributed by atoms with van der Waals surface area (Å²) in [6.45, 7) is 1.32. The standard InChI is InChI=1S/C23H31N3O3.HI/c1-24-23(25-15-17-8-11-19(27-2)12-9-17)26-16-18-10-13-21(22(14-18)28-3)29-20-6-4-5-7-20;/h8-14,20H,4-7,15-16H2,1-3H3,(H2,24,25,26);1H. The number of hydrogen-bond acceptors (Lipinski definition) is 4. The van der Waals surface area contributed by atoms with Gasteiger partial charge < -0.3 is 24.8 Å². The van der Waals surface area contributed by atoms with Gasteiger partial charge in [-0.1, -0.05) is 18.2 Å². The van der Waals surface area contributed by atoms with Crippen molar-refractivity contribution in [2.75, 3.05) is 21.3 Å². The Kier molecular flexibility index (Phi) is 10.1. The van der Waals surface area contributed by atoms with Crippen molar-refractivity contribution in [3.8, 4) is 17.2 Å². The molecule has 0 saturated heterocycles. The monoisotopic (exact) mass is 525 g/mol. The van der Waals surface area contributed by atoms with Gasteiger partial charge in [0.15, 0.2) is 17.5 Å². The van der Waals surface area contributed by atoms with Crippen molar-refractivity contribution in [3.63, 3.8) is 0 Å². The van der Waals surface area contributed by atoms with Gasteiger partial charge in [-0.25, -0.2) is 0 Å². The first-order valence-electron chi connectivity index (χ1n) is 10.1. The first-order valence-corrected chi connectivity index (χ1v) is 10.1. The lowest BCUT2D eigenvalue weighted by Gasteiger charge is -2.17. The van der Waals surface area contributed by atoms with Crippen LogP contribution in [0.15, 0.2) is 47.5 Å². The van der Waals surface area contributed by atoms with Crippen LogP contribution < -0.4 is 24.8 Å². The van der Waals surface area contributed by atoms with Crippen LogP contribution >= 0.6 is 24.0 Å². The second kappa shape index (κ2) is 12.5. The molecule has 0 spiro atoms. The van der Waals surface area contributed by atoms with E-state index in [2.05, 4.69) is 21.7 Å². The van der Waals surface area contributed by atoms with E-state index >= 15 is 0 Å². The normalized spacial score (nSPS) is 14.0. The summed E-state index contributed by atoms with van der Waals surface area (Å²) in [6, 6.07) is 14.1. The number of nitrogens with one attached hydrogen (secondary N) is 2. The number of methoxy groups -OCH3 is 2. The molecule has 3 rings (SSSR count). The highest BCUT2D eigenvalue weighted by Gasteiger charge is 2.18. The van der Waals surface area contributed by atoms with Crippen molar-refractivity contribution in [1.29, 1.82) is 0 Å². The fourth-order valence-electron chi connectivity index (χ4n) is 3.44. The second-order valence-corrected chi connectivity index (χ2v) is 7.14. The molecule has 1 aliphatic rings.